The van der Waals surface area contributed by atoms with E-state index in [9.17, 15) is 0 Å². The van der Waals surface area contributed by atoms with Gasteiger partial charge in [-0.3, -0.25) is 0 Å². The molecule has 0 spiro atoms. The average Bonchev–Trinajstić information content (AvgIpc) is 3.62. The normalized spacial score (nSPS) is 14.7. The minimum Gasteiger partial charge on any atom is -0.456 e. The molecule has 270 valence electrons. The van der Waals surface area contributed by atoms with Crippen LogP contribution in [0.2, 0.25) is 0 Å². The quantitative estimate of drug-likeness (QED) is 0.176. The largest absolute Gasteiger partial charge is 0.456 e. The number of ether oxygens (including phenoxy) is 1. The summed E-state index contributed by atoms with van der Waals surface area (Å²) >= 11 is 0. The van der Waals surface area contributed by atoms with Gasteiger partial charge >= 0.3 is 0 Å². The fraction of sp³-hybridized carbons (Fsp3) is 0.107. The van der Waals surface area contributed by atoms with Crippen molar-refractivity contribution in [3.05, 3.63) is 192 Å². The van der Waals surface area contributed by atoms with E-state index < -0.39 is 0 Å². The van der Waals surface area contributed by atoms with E-state index in [-0.39, 0.29) is 10.8 Å². The summed E-state index contributed by atoms with van der Waals surface area (Å²) in [6, 6.07) is 63.1. The topological polar surface area (TPSA) is 9.23 Å². The van der Waals surface area contributed by atoms with Crippen molar-refractivity contribution in [1.29, 1.82) is 0 Å². The van der Waals surface area contributed by atoms with Crippen molar-refractivity contribution in [3.63, 3.8) is 0 Å². The molecule has 0 fully saturated rings. The number of rotatable bonds is 3. The molecule has 0 bridgehead atoms. The zero-order valence-corrected chi connectivity index (χ0v) is 32.6. The van der Waals surface area contributed by atoms with Gasteiger partial charge in [0.2, 0.25) is 0 Å². The molecule has 57 heavy (non-hydrogen) atoms. The van der Waals surface area contributed by atoms with Crippen LogP contribution in [0.15, 0.2) is 170 Å². The Hall–Kier alpha value is -6.70. The zero-order valence-electron chi connectivity index (χ0n) is 32.6. The molecule has 0 atom stereocenters. The highest BCUT2D eigenvalue weighted by atomic mass is 16.5. The minimum absolute atomic E-state index is 0.0737. The van der Waals surface area contributed by atoms with Crippen LogP contribution in [0.4, 0.5) is 0 Å². The molecular weight excluding hydrogens is 689 g/mol. The predicted molar refractivity (Wildman–Crippen MR) is 238 cm³/mol. The summed E-state index contributed by atoms with van der Waals surface area (Å²) in [4.78, 5) is 0. The monoisotopic (exact) mass is 728 g/mol. The van der Waals surface area contributed by atoms with Crippen molar-refractivity contribution in [3.8, 4) is 78.3 Å². The first-order valence-corrected chi connectivity index (χ1v) is 20.2. The third-order valence-electron chi connectivity index (χ3n) is 13.5. The van der Waals surface area contributed by atoms with E-state index in [1.165, 1.54) is 105 Å². The second kappa shape index (κ2) is 11.4. The zero-order chi connectivity index (χ0) is 38.2. The van der Waals surface area contributed by atoms with Crippen LogP contribution in [0.3, 0.4) is 0 Å². The smallest absolute Gasteiger partial charge is 0.135 e. The van der Waals surface area contributed by atoms with Gasteiger partial charge in [-0.25, -0.2) is 0 Å². The Morgan fingerprint density at radius 1 is 0.333 bits per heavy atom. The molecule has 0 unspecified atom stereocenters. The standard InChI is InChI=1S/C56H40O/c1-55(2)47-26-20-34-13-8-9-14-40(34)53(47)45-24-18-37(31-50(45)55)36-17-22-41-42-23-19-38(32-49(42)56(3,4)48(41)30-36)39-25-28-52-54-43(39)15-10-16-44(54)46-29-35(21-27-51(46)57-52)33-11-6-5-7-12-33/h5-32H,1-4H3. The third kappa shape index (κ3) is 4.51. The highest BCUT2D eigenvalue weighted by molar-refractivity contribution is 6.10. The van der Waals surface area contributed by atoms with Gasteiger partial charge in [-0.15, -0.1) is 0 Å². The molecule has 0 N–H and O–H groups in total. The first-order chi connectivity index (χ1) is 27.8. The average molecular weight is 729 g/mol. The molecule has 3 aliphatic rings. The van der Waals surface area contributed by atoms with Gasteiger partial charge in [-0.2, -0.15) is 0 Å². The maximum absolute atomic E-state index is 6.60. The van der Waals surface area contributed by atoms with Gasteiger partial charge < -0.3 is 4.74 Å². The van der Waals surface area contributed by atoms with Crippen molar-refractivity contribution >= 4 is 21.5 Å². The lowest BCUT2D eigenvalue weighted by atomic mass is 9.79. The Bertz CT molecular complexity index is 3200. The van der Waals surface area contributed by atoms with Crippen LogP contribution in [-0.4, -0.2) is 0 Å². The van der Waals surface area contributed by atoms with E-state index in [1.807, 2.05) is 0 Å². The lowest BCUT2D eigenvalue weighted by molar-refractivity contribution is 0.487. The van der Waals surface area contributed by atoms with E-state index in [0.717, 1.165) is 17.1 Å². The summed E-state index contributed by atoms with van der Waals surface area (Å²) in [5, 5.41) is 5.03. The lowest BCUT2D eigenvalue weighted by Gasteiger charge is -2.24. The summed E-state index contributed by atoms with van der Waals surface area (Å²) in [6.45, 7) is 9.55. The first-order valence-electron chi connectivity index (χ1n) is 20.2. The highest BCUT2D eigenvalue weighted by Gasteiger charge is 2.38. The number of hydrogen-bond donors (Lipinski definition) is 0. The van der Waals surface area contributed by atoms with Gasteiger partial charge in [0, 0.05) is 21.8 Å². The minimum atomic E-state index is -0.163. The van der Waals surface area contributed by atoms with Crippen LogP contribution in [0.5, 0.6) is 11.5 Å². The summed E-state index contributed by atoms with van der Waals surface area (Å²) in [5.74, 6) is 1.82. The second-order valence-corrected chi connectivity index (χ2v) is 17.3. The van der Waals surface area contributed by atoms with E-state index in [0.29, 0.717) is 0 Å². The summed E-state index contributed by atoms with van der Waals surface area (Å²) in [7, 11) is 0. The fourth-order valence-corrected chi connectivity index (χ4v) is 10.5. The van der Waals surface area contributed by atoms with Crippen LogP contribution in [0, 0.1) is 0 Å². The van der Waals surface area contributed by atoms with Crippen molar-refractivity contribution in [2.75, 3.05) is 0 Å². The number of benzene rings is 9. The Labute approximate surface area is 333 Å². The molecule has 12 rings (SSSR count). The number of hydrogen-bond acceptors (Lipinski definition) is 1. The number of fused-ring (bicyclic) bond motifs is 10. The van der Waals surface area contributed by atoms with Gasteiger partial charge in [-0.05, 0) is 136 Å². The van der Waals surface area contributed by atoms with Gasteiger partial charge in [0.05, 0.1) is 0 Å². The maximum atomic E-state index is 6.60. The van der Waals surface area contributed by atoms with Gasteiger partial charge in [0.25, 0.3) is 0 Å². The van der Waals surface area contributed by atoms with Gasteiger partial charge in [-0.1, -0.05) is 161 Å². The van der Waals surface area contributed by atoms with Gasteiger partial charge in [0.1, 0.15) is 11.5 Å². The molecular formula is C56H40O. The molecule has 1 aliphatic heterocycles. The molecule has 0 amide bonds. The van der Waals surface area contributed by atoms with Crippen molar-refractivity contribution < 1.29 is 4.74 Å². The fourth-order valence-electron chi connectivity index (χ4n) is 10.5. The summed E-state index contributed by atoms with van der Waals surface area (Å²) in [5.41, 5.74) is 20.5. The molecule has 0 radical (unpaired) electrons. The highest BCUT2D eigenvalue weighted by Crippen LogP contribution is 2.55. The molecule has 0 saturated heterocycles. The lowest BCUT2D eigenvalue weighted by Crippen LogP contribution is -2.15. The van der Waals surface area contributed by atoms with Gasteiger partial charge in [0.15, 0.2) is 0 Å². The van der Waals surface area contributed by atoms with Crippen molar-refractivity contribution in [2.45, 2.75) is 38.5 Å². The summed E-state index contributed by atoms with van der Waals surface area (Å²) in [6.07, 6.45) is 0. The first kappa shape index (κ1) is 32.5. The van der Waals surface area contributed by atoms with E-state index >= 15 is 0 Å². The maximum Gasteiger partial charge on any atom is 0.135 e. The predicted octanol–water partition coefficient (Wildman–Crippen LogP) is 15.4. The molecule has 1 nitrogen and oxygen atoms in total. The van der Waals surface area contributed by atoms with Crippen molar-refractivity contribution in [1.82, 2.24) is 0 Å². The molecule has 1 heterocycles. The van der Waals surface area contributed by atoms with E-state index in [2.05, 4.69) is 198 Å². The Kier molecular flexibility index (Phi) is 6.53. The molecule has 0 aromatic heterocycles. The molecule has 9 aromatic carbocycles. The van der Waals surface area contributed by atoms with E-state index in [1.54, 1.807) is 0 Å². The summed E-state index contributed by atoms with van der Waals surface area (Å²) < 4.78 is 6.60. The van der Waals surface area contributed by atoms with Crippen LogP contribution in [0.1, 0.15) is 49.9 Å². The third-order valence-corrected chi connectivity index (χ3v) is 13.5. The molecule has 9 aromatic rings. The second-order valence-electron chi connectivity index (χ2n) is 17.3. The van der Waals surface area contributed by atoms with Crippen molar-refractivity contribution in [2.24, 2.45) is 0 Å². The van der Waals surface area contributed by atoms with Crippen LogP contribution in [0.25, 0.3) is 88.3 Å². The Balaban J connectivity index is 0.927. The van der Waals surface area contributed by atoms with Crippen LogP contribution >= 0.6 is 0 Å². The molecule has 2 aliphatic carbocycles. The molecule has 1 heteroatoms. The van der Waals surface area contributed by atoms with Crippen LogP contribution < -0.4 is 4.74 Å². The molecule has 0 saturated carbocycles. The SMILES string of the molecule is CC1(C)c2cc(-c3ccc4c(c3)C(C)(C)c3ccc5ccccc5c3-4)ccc2-c2ccc(-c3ccc4c5c(cccc35)-c3cc(-c5ccccc5)ccc3O4)cc21. The Morgan fingerprint density at radius 2 is 0.912 bits per heavy atom. The Morgan fingerprint density at radius 3 is 1.70 bits per heavy atom. The van der Waals surface area contributed by atoms with E-state index in [4.69, 9.17) is 4.74 Å². The van der Waals surface area contributed by atoms with Crippen LogP contribution in [-0.2, 0) is 10.8 Å².